The molecule has 1 aromatic rings. The number of likely N-dealkylation sites (tertiary alicyclic amines) is 1. The van der Waals surface area contributed by atoms with E-state index < -0.39 is 0 Å². The van der Waals surface area contributed by atoms with Gasteiger partial charge in [-0.05, 0) is 24.1 Å². The van der Waals surface area contributed by atoms with E-state index in [9.17, 15) is 9.59 Å². The number of rotatable bonds is 6. The first-order chi connectivity index (χ1) is 13.5. The van der Waals surface area contributed by atoms with Gasteiger partial charge in [0.15, 0.2) is 5.96 Å². The Balaban J connectivity index is 1.57. The van der Waals surface area contributed by atoms with E-state index in [0.29, 0.717) is 19.0 Å². The second-order valence-electron chi connectivity index (χ2n) is 6.76. The molecule has 0 aliphatic carbocycles. The van der Waals surface area contributed by atoms with Crippen LogP contribution in [0.3, 0.4) is 0 Å². The average Bonchev–Trinajstić information content (AvgIpc) is 3.32. The quantitative estimate of drug-likeness (QED) is 0.421. The molecule has 9 heteroatoms. The summed E-state index contributed by atoms with van der Waals surface area (Å²) in [6.07, 6.45) is 0.990. The fourth-order valence-corrected chi connectivity index (χ4v) is 3.58. The van der Waals surface area contributed by atoms with Crippen LogP contribution in [0.5, 0.6) is 11.5 Å². The number of methoxy groups -OCH3 is 2. The van der Waals surface area contributed by atoms with E-state index >= 15 is 0 Å². The third-order valence-corrected chi connectivity index (χ3v) is 5.10. The van der Waals surface area contributed by atoms with E-state index in [1.54, 1.807) is 21.3 Å². The third-order valence-electron chi connectivity index (χ3n) is 5.10. The zero-order valence-electron chi connectivity index (χ0n) is 16.5. The third kappa shape index (κ3) is 4.29. The number of benzene rings is 1. The van der Waals surface area contributed by atoms with Crippen LogP contribution in [0.15, 0.2) is 23.2 Å². The highest BCUT2D eigenvalue weighted by atomic mass is 16.5. The number of urea groups is 1. The standard InChI is InChI=1S/C19H27N5O4/c1-20-18(21-5-7-24-17(25)11-22-19(24)26)23-6-4-13(12-23)14-8-15(27-2)10-16(9-14)28-3/h8-10,13H,4-7,11-12H2,1-3H3,(H,20,21)(H,22,26). The summed E-state index contributed by atoms with van der Waals surface area (Å²) in [4.78, 5) is 31.0. The van der Waals surface area contributed by atoms with Crippen molar-refractivity contribution < 1.29 is 19.1 Å². The smallest absolute Gasteiger partial charge is 0.324 e. The van der Waals surface area contributed by atoms with Crippen molar-refractivity contribution in [1.82, 2.24) is 20.4 Å². The average molecular weight is 389 g/mol. The Morgan fingerprint density at radius 3 is 2.54 bits per heavy atom. The predicted octanol–water partition coefficient (Wildman–Crippen LogP) is 0.620. The molecule has 2 saturated heterocycles. The Morgan fingerprint density at radius 1 is 1.25 bits per heavy atom. The molecule has 0 aromatic heterocycles. The highest BCUT2D eigenvalue weighted by Crippen LogP contribution is 2.32. The number of hydrogen-bond donors (Lipinski definition) is 2. The van der Waals surface area contributed by atoms with Crippen LogP contribution >= 0.6 is 0 Å². The molecular formula is C19H27N5O4. The van der Waals surface area contributed by atoms with Gasteiger partial charge in [0.1, 0.15) is 11.5 Å². The van der Waals surface area contributed by atoms with Gasteiger partial charge in [-0.3, -0.25) is 14.7 Å². The van der Waals surface area contributed by atoms with Crippen molar-refractivity contribution in [3.63, 3.8) is 0 Å². The first kappa shape index (κ1) is 19.8. The van der Waals surface area contributed by atoms with Gasteiger partial charge in [0.2, 0.25) is 5.91 Å². The zero-order chi connectivity index (χ0) is 20.1. The topological polar surface area (TPSA) is 95.5 Å². The number of ether oxygens (including phenoxy) is 2. The van der Waals surface area contributed by atoms with E-state index in [4.69, 9.17) is 9.47 Å². The van der Waals surface area contributed by atoms with Crippen molar-refractivity contribution in [2.75, 3.05) is 54.0 Å². The lowest BCUT2D eigenvalue weighted by Gasteiger charge is -2.23. The first-order valence-electron chi connectivity index (χ1n) is 9.32. The van der Waals surface area contributed by atoms with E-state index in [2.05, 4.69) is 20.5 Å². The molecule has 1 atom stereocenters. The van der Waals surface area contributed by atoms with Crippen LogP contribution in [-0.4, -0.2) is 81.7 Å². The van der Waals surface area contributed by atoms with Crippen molar-refractivity contribution in [3.05, 3.63) is 23.8 Å². The Morgan fingerprint density at radius 2 is 1.96 bits per heavy atom. The van der Waals surface area contributed by atoms with Gasteiger partial charge in [0.25, 0.3) is 0 Å². The monoisotopic (exact) mass is 389 g/mol. The van der Waals surface area contributed by atoms with Gasteiger partial charge < -0.3 is 25.0 Å². The SMILES string of the molecule is CN=C(NCCN1C(=O)CNC1=O)N1CCC(c2cc(OC)cc(OC)c2)C1. The van der Waals surface area contributed by atoms with Gasteiger partial charge in [-0.25, -0.2) is 4.79 Å². The molecule has 9 nitrogen and oxygen atoms in total. The summed E-state index contributed by atoms with van der Waals surface area (Å²) in [5, 5.41) is 5.77. The largest absolute Gasteiger partial charge is 0.497 e. The van der Waals surface area contributed by atoms with E-state index in [-0.39, 0.29) is 18.5 Å². The summed E-state index contributed by atoms with van der Waals surface area (Å²) >= 11 is 0. The van der Waals surface area contributed by atoms with Gasteiger partial charge in [0, 0.05) is 45.2 Å². The van der Waals surface area contributed by atoms with Gasteiger partial charge in [-0.15, -0.1) is 0 Å². The molecule has 2 aliphatic heterocycles. The molecule has 152 valence electrons. The van der Waals surface area contributed by atoms with Crippen molar-refractivity contribution in [1.29, 1.82) is 0 Å². The molecule has 0 bridgehead atoms. The van der Waals surface area contributed by atoms with Crippen LogP contribution in [0, 0.1) is 0 Å². The summed E-state index contributed by atoms with van der Waals surface area (Å²) in [6.45, 7) is 2.53. The number of guanidine groups is 1. The van der Waals surface area contributed by atoms with Crippen LogP contribution in [0.2, 0.25) is 0 Å². The molecule has 3 rings (SSSR count). The van der Waals surface area contributed by atoms with Gasteiger partial charge in [0.05, 0.1) is 20.8 Å². The van der Waals surface area contributed by atoms with E-state index in [1.807, 2.05) is 18.2 Å². The minimum Gasteiger partial charge on any atom is -0.497 e. The van der Waals surface area contributed by atoms with E-state index in [0.717, 1.165) is 37.0 Å². The Hall–Kier alpha value is -2.97. The second-order valence-corrected chi connectivity index (χ2v) is 6.76. The molecule has 2 aliphatic rings. The van der Waals surface area contributed by atoms with Gasteiger partial charge in [-0.1, -0.05) is 0 Å². The lowest BCUT2D eigenvalue weighted by molar-refractivity contribution is -0.124. The lowest BCUT2D eigenvalue weighted by atomic mass is 9.98. The molecule has 3 amide bonds. The fourth-order valence-electron chi connectivity index (χ4n) is 3.58. The lowest BCUT2D eigenvalue weighted by Crippen LogP contribution is -2.44. The van der Waals surface area contributed by atoms with Gasteiger partial charge in [-0.2, -0.15) is 0 Å². The van der Waals surface area contributed by atoms with Crippen LogP contribution in [0.25, 0.3) is 0 Å². The summed E-state index contributed by atoms with van der Waals surface area (Å²) in [5.74, 6) is 2.47. The molecule has 2 N–H and O–H groups in total. The molecule has 1 aromatic carbocycles. The number of carbonyl (C=O) groups is 2. The number of nitrogens with zero attached hydrogens (tertiary/aromatic N) is 3. The van der Waals surface area contributed by atoms with Crippen LogP contribution in [0.1, 0.15) is 17.9 Å². The molecular weight excluding hydrogens is 362 g/mol. The highest BCUT2D eigenvalue weighted by Gasteiger charge is 2.29. The Bertz CT molecular complexity index is 728. The maximum atomic E-state index is 11.6. The first-order valence-corrected chi connectivity index (χ1v) is 9.32. The molecule has 2 heterocycles. The Labute approximate surface area is 164 Å². The van der Waals surface area contributed by atoms with E-state index in [1.165, 1.54) is 10.5 Å². The number of carbonyl (C=O) groups excluding carboxylic acids is 2. The number of aliphatic imine (C=N–C) groups is 1. The molecule has 0 spiro atoms. The zero-order valence-corrected chi connectivity index (χ0v) is 16.5. The van der Waals surface area contributed by atoms with Gasteiger partial charge >= 0.3 is 6.03 Å². The number of amides is 3. The van der Waals surface area contributed by atoms with Crippen molar-refractivity contribution in [2.24, 2.45) is 4.99 Å². The number of imide groups is 1. The predicted molar refractivity (Wildman–Crippen MR) is 105 cm³/mol. The summed E-state index contributed by atoms with van der Waals surface area (Å²) in [5.41, 5.74) is 1.17. The minimum absolute atomic E-state index is 0.0748. The Kier molecular flexibility index (Phi) is 6.23. The van der Waals surface area contributed by atoms with Crippen LogP contribution < -0.4 is 20.1 Å². The molecule has 0 saturated carbocycles. The maximum absolute atomic E-state index is 11.6. The summed E-state index contributed by atoms with van der Waals surface area (Å²) in [6, 6.07) is 5.62. The highest BCUT2D eigenvalue weighted by molar-refractivity contribution is 6.01. The number of nitrogens with one attached hydrogen (secondary N) is 2. The maximum Gasteiger partial charge on any atom is 0.324 e. The molecule has 28 heavy (non-hydrogen) atoms. The minimum atomic E-state index is -0.338. The second kappa shape index (κ2) is 8.81. The van der Waals surface area contributed by atoms with Crippen LogP contribution in [0.4, 0.5) is 4.79 Å². The molecule has 2 fully saturated rings. The summed E-state index contributed by atoms with van der Waals surface area (Å²) in [7, 11) is 5.03. The van der Waals surface area contributed by atoms with Crippen molar-refractivity contribution >= 4 is 17.9 Å². The van der Waals surface area contributed by atoms with Crippen molar-refractivity contribution in [2.45, 2.75) is 12.3 Å². The fraction of sp³-hybridized carbons (Fsp3) is 0.526. The summed E-state index contributed by atoms with van der Waals surface area (Å²) < 4.78 is 10.8. The molecule has 0 radical (unpaired) electrons. The molecule has 1 unspecified atom stereocenters. The number of hydrogen-bond acceptors (Lipinski definition) is 5. The van der Waals surface area contributed by atoms with Crippen molar-refractivity contribution in [3.8, 4) is 11.5 Å². The van der Waals surface area contributed by atoms with Crippen LogP contribution in [-0.2, 0) is 4.79 Å². The normalized spacial score (nSPS) is 19.8.